The Hall–Kier alpha value is -1.62. The minimum Gasteiger partial charge on any atom is -0.507 e. The van der Waals surface area contributed by atoms with Crippen molar-refractivity contribution >= 4 is 23.1 Å². The number of aromatic hydroxyl groups is 1. The maximum Gasteiger partial charge on any atom is 0.255 e. The van der Waals surface area contributed by atoms with Crippen LogP contribution in [0.25, 0.3) is 0 Å². The Morgan fingerprint density at radius 3 is 2.67 bits per heavy atom. The quantitative estimate of drug-likeness (QED) is 0.726. The number of thiocarbonyl (C=S) groups is 1. The molecular weight excluding hydrogens is 248 g/mol. The lowest BCUT2D eigenvalue weighted by molar-refractivity contribution is 0.0942. The molecule has 1 aromatic rings. The van der Waals surface area contributed by atoms with Gasteiger partial charge < -0.3 is 16.2 Å². The Morgan fingerprint density at radius 1 is 1.50 bits per heavy atom. The van der Waals surface area contributed by atoms with Crippen molar-refractivity contribution in [3.8, 4) is 5.75 Å². The summed E-state index contributed by atoms with van der Waals surface area (Å²) in [6.45, 7) is 5.77. The van der Waals surface area contributed by atoms with E-state index in [0.717, 1.165) is 0 Å². The zero-order chi connectivity index (χ0) is 13.9. The van der Waals surface area contributed by atoms with Crippen molar-refractivity contribution in [2.24, 2.45) is 11.1 Å². The van der Waals surface area contributed by atoms with Gasteiger partial charge in [-0.15, -0.1) is 0 Å². The fourth-order valence-corrected chi connectivity index (χ4v) is 1.40. The summed E-state index contributed by atoms with van der Waals surface area (Å²) in [5, 5.41) is 12.5. The third kappa shape index (κ3) is 3.20. The number of rotatable bonds is 4. The second-order valence-electron chi connectivity index (χ2n) is 4.90. The molecule has 0 fully saturated rings. The number of hydrogen-bond acceptors (Lipinski definition) is 3. The van der Waals surface area contributed by atoms with Crippen LogP contribution in [0.5, 0.6) is 5.75 Å². The number of amides is 1. The Balaban J connectivity index is 2.78. The summed E-state index contributed by atoms with van der Waals surface area (Å²) in [6.07, 6.45) is 0. The fraction of sp³-hybridized carbons (Fsp3) is 0.385. The summed E-state index contributed by atoms with van der Waals surface area (Å²) in [5.41, 5.74) is 6.05. The third-order valence-electron chi connectivity index (χ3n) is 2.84. The van der Waals surface area contributed by atoms with Crippen molar-refractivity contribution < 1.29 is 9.90 Å². The number of phenolic OH excluding ortho intramolecular Hbond substituents is 1. The van der Waals surface area contributed by atoms with Gasteiger partial charge in [0, 0.05) is 12.0 Å². The van der Waals surface area contributed by atoms with Crippen LogP contribution >= 0.6 is 12.2 Å². The van der Waals surface area contributed by atoms with Crippen LogP contribution in [0.3, 0.4) is 0 Å². The third-order valence-corrected chi connectivity index (χ3v) is 3.39. The van der Waals surface area contributed by atoms with E-state index in [0.29, 0.717) is 17.1 Å². The van der Waals surface area contributed by atoms with E-state index in [1.807, 2.05) is 13.8 Å². The van der Waals surface area contributed by atoms with E-state index in [9.17, 15) is 9.90 Å². The highest BCUT2D eigenvalue weighted by atomic mass is 32.1. The maximum atomic E-state index is 11.9. The van der Waals surface area contributed by atoms with Crippen LogP contribution in [-0.4, -0.2) is 22.5 Å². The predicted octanol–water partition coefficient (Wildman–Crippen LogP) is 1.74. The van der Waals surface area contributed by atoms with Crippen LogP contribution in [0.15, 0.2) is 18.2 Å². The van der Waals surface area contributed by atoms with Crippen LogP contribution in [0.4, 0.5) is 0 Å². The molecule has 0 aromatic heterocycles. The first-order valence-corrected chi connectivity index (χ1v) is 6.03. The standard InChI is InChI=1S/C13H18N2O2S/c1-8-5-4-6-9(10(8)16)11(17)15-7-13(2,3)12(14)18/h4-6,16H,7H2,1-3H3,(H2,14,18)(H,15,17). The summed E-state index contributed by atoms with van der Waals surface area (Å²) in [4.78, 5) is 12.3. The first kappa shape index (κ1) is 14.4. The predicted molar refractivity (Wildman–Crippen MR) is 75.7 cm³/mol. The number of phenols is 1. The molecule has 4 N–H and O–H groups in total. The van der Waals surface area contributed by atoms with Gasteiger partial charge in [0.15, 0.2) is 0 Å². The highest BCUT2D eigenvalue weighted by Crippen LogP contribution is 2.21. The summed E-state index contributed by atoms with van der Waals surface area (Å²) in [6, 6.07) is 5.04. The minimum atomic E-state index is -0.454. The van der Waals surface area contributed by atoms with Gasteiger partial charge >= 0.3 is 0 Å². The van der Waals surface area contributed by atoms with E-state index >= 15 is 0 Å². The SMILES string of the molecule is Cc1cccc(C(=O)NCC(C)(C)C(N)=S)c1O. The van der Waals surface area contributed by atoms with Crippen molar-refractivity contribution in [3.05, 3.63) is 29.3 Å². The van der Waals surface area contributed by atoms with Crippen molar-refractivity contribution in [3.63, 3.8) is 0 Å². The first-order chi connectivity index (χ1) is 8.25. The van der Waals surface area contributed by atoms with Crippen LogP contribution in [0.1, 0.15) is 29.8 Å². The number of carbonyl (C=O) groups excluding carboxylic acids is 1. The second kappa shape index (κ2) is 5.35. The first-order valence-electron chi connectivity index (χ1n) is 5.62. The molecule has 0 aliphatic rings. The lowest BCUT2D eigenvalue weighted by atomic mass is 9.93. The van der Waals surface area contributed by atoms with Crippen LogP contribution in [-0.2, 0) is 0 Å². The molecule has 0 saturated heterocycles. The zero-order valence-electron chi connectivity index (χ0n) is 10.8. The Morgan fingerprint density at radius 2 is 2.11 bits per heavy atom. The number of hydrogen-bond donors (Lipinski definition) is 3. The lowest BCUT2D eigenvalue weighted by Gasteiger charge is -2.23. The van der Waals surface area contributed by atoms with Crippen LogP contribution in [0, 0.1) is 12.3 Å². The molecular formula is C13H18N2O2S. The molecule has 18 heavy (non-hydrogen) atoms. The smallest absolute Gasteiger partial charge is 0.255 e. The zero-order valence-corrected chi connectivity index (χ0v) is 11.6. The molecule has 0 atom stereocenters. The molecule has 1 amide bonds. The van der Waals surface area contributed by atoms with Crippen LogP contribution in [0.2, 0.25) is 0 Å². The van der Waals surface area contributed by atoms with Crippen molar-refractivity contribution in [1.82, 2.24) is 5.32 Å². The Labute approximate surface area is 112 Å². The molecule has 5 heteroatoms. The summed E-state index contributed by atoms with van der Waals surface area (Å²) < 4.78 is 0. The van der Waals surface area contributed by atoms with Gasteiger partial charge in [-0.2, -0.15) is 0 Å². The van der Waals surface area contributed by atoms with Gasteiger partial charge in [-0.25, -0.2) is 0 Å². The molecule has 0 aliphatic carbocycles. The van der Waals surface area contributed by atoms with E-state index < -0.39 is 5.41 Å². The number of para-hydroxylation sites is 1. The Bertz CT molecular complexity index is 484. The van der Waals surface area contributed by atoms with Crippen molar-refractivity contribution in [1.29, 1.82) is 0 Å². The highest BCUT2D eigenvalue weighted by molar-refractivity contribution is 7.80. The van der Waals surface area contributed by atoms with E-state index in [4.69, 9.17) is 18.0 Å². The lowest BCUT2D eigenvalue weighted by Crippen LogP contribution is -2.41. The molecule has 0 heterocycles. The van der Waals surface area contributed by atoms with Gasteiger partial charge in [0.1, 0.15) is 5.75 Å². The molecule has 98 valence electrons. The number of nitrogens with two attached hydrogens (primary N) is 1. The van der Waals surface area contributed by atoms with Crippen molar-refractivity contribution in [2.75, 3.05) is 6.54 Å². The number of benzene rings is 1. The average molecular weight is 266 g/mol. The van der Waals surface area contributed by atoms with Gasteiger partial charge in [0.25, 0.3) is 5.91 Å². The number of nitrogens with one attached hydrogen (secondary N) is 1. The number of aryl methyl sites for hydroxylation is 1. The van der Waals surface area contributed by atoms with E-state index in [1.54, 1.807) is 25.1 Å². The normalized spacial score (nSPS) is 11.1. The molecule has 0 saturated carbocycles. The molecule has 1 rings (SSSR count). The molecule has 0 unspecified atom stereocenters. The highest BCUT2D eigenvalue weighted by Gasteiger charge is 2.23. The second-order valence-corrected chi connectivity index (χ2v) is 5.34. The van der Waals surface area contributed by atoms with E-state index in [1.165, 1.54) is 0 Å². The average Bonchev–Trinajstić information content (AvgIpc) is 2.29. The fourth-order valence-electron chi connectivity index (χ4n) is 1.33. The van der Waals surface area contributed by atoms with Crippen molar-refractivity contribution in [2.45, 2.75) is 20.8 Å². The molecule has 0 radical (unpaired) electrons. The van der Waals surface area contributed by atoms with E-state index in [2.05, 4.69) is 5.32 Å². The minimum absolute atomic E-state index is 0.00290. The monoisotopic (exact) mass is 266 g/mol. The summed E-state index contributed by atoms with van der Waals surface area (Å²) >= 11 is 4.92. The molecule has 0 spiro atoms. The molecule has 4 nitrogen and oxygen atoms in total. The number of carbonyl (C=O) groups is 1. The Kier molecular flexibility index (Phi) is 4.29. The van der Waals surface area contributed by atoms with Gasteiger partial charge in [-0.05, 0) is 18.6 Å². The molecule has 1 aromatic carbocycles. The topological polar surface area (TPSA) is 75.4 Å². The molecule has 0 aliphatic heterocycles. The molecule has 0 bridgehead atoms. The summed E-state index contributed by atoms with van der Waals surface area (Å²) in [7, 11) is 0. The van der Waals surface area contributed by atoms with Gasteiger partial charge in [0.2, 0.25) is 0 Å². The van der Waals surface area contributed by atoms with Gasteiger partial charge in [-0.1, -0.05) is 38.2 Å². The maximum absolute atomic E-state index is 11.9. The van der Waals surface area contributed by atoms with Gasteiger partial charge in [-0.3, -0.25) is 4.79 Å². The van der Waals surface area contributed by atoms with E-state index in [-0.39, 0.29) is 17.2 Å². The van der Waals surface area contributed by atoms with Gasteiger partial charge in [0.05, 0.1) is 10.6 Å². The van der Waals surface area contributed by atoms with Crippen LogP contribution < -0.4 is 11.1 Å². The summed E-state index contributed by atoms with van der Waals surface area (Å²) in [5.74, 6) is -0.330. The largest absolute Gasteiger partial charge is 0.507 e.